The van der Waals surface area contributed by atoms with Crippen molar-refractivity contribution in [2.45, 2.75) is 0 Å². The lowest BCUT2D eigenvalue weighted by Crippen LogP contribution is -1.94. The van der Waals surface area contributed by atoms with Gasteiger partial charge in [-0.05, 0) is 10.3 Å². The molecule has 0 atom stereocenters. The summed E-state index contributed by atoms with van der Waals surface area (Å²) in [6, 6.07) is 0. The van der Waals surface area contributed by atoms with Gasteiger partial charge in [0.25, 0.3) is 0 Å². The SMILES string of the molecule is CNc1nonc1NC. The van der Waals surface area contributed by atoms with E-state index >= 15 is 0 Å². The molecule has 1 aromatic heterocycles. The van der Waals surface area contributed by atoms with Crippen LogP contribution in [0.5, 0.6) is 0 Å². The highest BCUT2D eigenvalue weighted by Gasteiger charge is 2.02. The molecule has 5 heteroatoms. The zero-order chi connectivity index (χ0) is 6.69. The van der Waals surface area contributed by atoms with Gasteiger partial charge in [-0.1, -0.05) is 0 Å². The van der Waals surface area contributed by atoms with E-state index in [4.69, 9.17) is 0 Å². The summed E-state index contributed by atoms with van der Waals surface area (Å²) >= 11 is 0. The van der Waals surface area contributed by atoms with E-state index in [0.29, 0.717) is 11.6 Å². The first-order valence-electron chi connectivity index (χ1n) is 2.56. The lowest BCUT2D eigenvalue weighted by atomic mass is 10.6. The molecule has 2 N–H and O–H groups in total. The molecular weight excluding hydrogens is 120 g/mol. The highest BCUT2D eigenvalue weighted by Crippen LogP contribution is 2.12. The van der Waals surface area contributed by atoms with Crippen molar-refractivity contribution in [2.75, 3.05) is 24.7 Å². The summed E-state index contributed by atoms with van der Waals surface area (Å²) in [4.78, 5) is 0. The fourth-order valence-corrected chi connectivity index (χ4v) is 0.517. The first-order valence-corrected chi connectivity index (χ1v) is 2.56. The number of hydrogen-bond acceptors (Lipinski definition) is 5. The summed E-state index contributed by atoms with van der Waals surface area (Å²) in [6.07, 6.45) is 0. The number of nitrogens with zero attached hydrogens (tertiary/aromatic N) is 2. The molecule has 0 aliphatic carbocycles. The van der Waals surface area contributed by atoms with Crippen LogP contribution in [0.15, 0.2) is 4.63 Å². The minimum absolute atomic E-state index is 0.623. The third-order valence-electron chi connectivity index (χ3n) is 0.962. The zero-order valence-corrected chi connectivity index (χ0v) is 5.30. The van der Waals surface area contributed by atoms with Crippen LogP contribution in [0.25, 0.3) is 0 Å². The Morgan fingerprint density at radius 1 is 1.11 bits per heavy atom. The number of aromatic nitrogens is 2. The molecule has 0 saturated carbocycles. The van der Waals surface area contributed by atoms with Crippen LogP contribution in [0.3, 0.4) is 0 Å². The van der Waals surface area contributed by atoms with E-state index in [1.54, 1.807) is 14.1 Å². The largest absolute Gasteiger partial charge is 0.367 e. The highest BCUT2D eigenvalue weighted by atomic mass is 16.6. The summed E-state index contributed by atoms with van der Waals surface area (Å²) in [5.41, 5.74) is 0. The minimum Gasteiger partial charge on any atom is -0.367 e. The predicted molar refractivity (Wildman–Crippen MR) is 33.4 cm³/mol. The molecule has 1 aromatic rings. The first-order chi connectivity index (χ1) is 4.38. The smallest absolute Gasteiger partial charge is 0.214 e. The van der Waals surface area contributed by atoms with E-state index in [1.165, 1.54) is 0 Å². The lowest BCUT2D eigenvalue weighted by molar-refractivity contribution is 0.310. The number of hydrogen-bond donors (Lipinski definition) is 2. The molecule has 0 aromatic carbocycles. The molecule has 1 heterocycles. The average Bonchev–Trinajstić information content (AvgIpc) is 2.33. The Balaban J connectivity index is 2.85. The molecule has 0 bridgehead atoms. The molecule has 0 aliphatic rings. The van der Waals surface area contributed by atoms with Gasteiger partial charge < -0.3 is 10.6 Å². The van der Waals surface area contributed by atoms with Crippen LogP contribution >= 0.6 is 0 Å². The molecule has 0 unspecified atom stereocenters. The van der Waals surface area contributed by atoms with Crippen LogP contribution in [0, 0.1) is 0 Å². The molecule has 0 aliphatic heterocycles. The maximum Gasteiger partial charge on any atom is 0.214 e. The average molecular weight is 128 g/mol. The van der Waals surface area contributed by atoms with E-state index in [-0.39, 0.29) is 0 Å². The van der Waals surface area contributed by atoms with Crippen LogP contribution in [0.2, 0.25) is 0 Å². The molecule has 1 rings (SSSR count). The second-order valence-corrected chi connectivity index (χ2v) is 1.46. The molecule has 0 fully saturated rings. The number of anilines is 2. The van der Waals surface area contributed by atoms with Crippen molar-refractivity contribution in [3.63, 3.8) is 0 Å². The van der Waals surface area contributed by atoms with E-state index in [1.807, 2.05) is 0 Å². The van der Waals surface area contributed by atoms with Crippen molar-refractivity contribution in [3.8, 4) is 0 Å². The van der Waals surface area contributed by atoms with Crippen LogP contribution < -0.4 is 10.6 Å². The normalized spacial score (nSPS) is 9.11. The minimum atomic E-state index is 0.623. The second-order valence-electron chi connectivity index (χ2n) is 1.46. The van der Waals surface area contributed by atoms with Gasteiger partial charge in [0.2, 0.25) is 11.6 Å². The summed E-state index contributed by atoms with van der Waals surface area (Å²) in [6.45, 7) is 0. The van der Waals surface area contributed by atoms with Crippen LogP contribution in [0.4, 0.5) is 11.6 Å². The second kappa shape index (κ2) is 2.34. The third-order valence-corrected chi connectivity index (χ3v) is 0.962. The van der Waals surface area contributed by atoms with Crippen molar-refractivity contribution < 1.29 is 4.63 Å². The Hall–Kier alpha value is -1.26. The third kappa shape index (κ3) is 0.933. The van der Waals surface area contributed by atoms with Gasteiger partial charge in [-0.2, -0.15) is 0 Å². The Labute approximate surface area is 52.4 Å². The maximum atomic E-state index is 4.40. The van der Waals surface area contributed by atoms with Gasteiger partial charge >= 0.3 is 0 Å². The molecule has 50 valence electrons. The molecule has 9 heavy (non-hydrogen) atoms. The van der Waals surface area contributed by atoms with Crippen molar-refractivity contribution in [3.05, 3.63) is 0 Å². The zero-order valence-electron chi connectivity index (χ0n) is 5.30. The van der Waals surface area contributed by atoms with Crippen LogP contribution in [-0.2, 0) is 0 Å². The summed E-state index contributed by atoms with van der Waals surface area (Å²) in [5.74, 6) is 1.25. The fourth-order valence-electron chi connectivity index (χ4n) is 0.517. The van der Waals surface area contributed by atoms with Crippen LogP contribution in [-0.4, -0.2) is 24.4 Å². The quantitative estimate of drug-likeness (QED) is 0.593. The standard InChI is InChI=1S/C4H8N4O/c1-5-3-4(6-2)8-9-7-3/h1-2H3,(H,5,7)(H,6,8). The van der Waals surface area contributed by atoms with Gasteiger partial charge in [-0.3, -0.25) is 0 Å². The molecule has 0 spiro atoms. The highest BCUT2D eigenvalue weighted by molar-refractivity contribution is 5.56. The van der Waals surface area contributed by atoms with Gasteiger partial charge in [0.1, 0.15) is 0 Å². The van der Waals surface area contributed by atoms with Crippen LogP contribution in [0.1, 0.15) is 0 Å². The summed E-state index contributed by atoms with van der Waals surface area (Å²) < 4.78 is 4.40. The summed E-state index contributed by atoms with van der Waals surface area (Å²) in [5, 5.41) is 12.7. The Bertz CT molecular complexity index is 166. The molecule has 5 nitrogen and oxygen atoms in total. The molecule has 0 radical (unpaired) electrons. The van der Waals surface area contributed by atoms with Gasteiger partial charge in [-0.15, -0.1) is 0 Å². The van der Waals surface area contributed by atoms with Gasteiger partial charge in [0.05, 0.1) is 0 Å². The summed E-state index contributed by atoms with van der Waals surface area (Å²) in [7, 11) is 3.50. The Kier molecular flexibility index (Phi) is 1.53. The first kappa shape index (κ1) is 5.87. The molecule has 0 amide bonds. The lowest BCUT2D eigenvalue weighted by Gasteiger charge is -1.92. The molecular formula is C4H8N4O. The van der Waals surface area contributed by atoms with Gasteiger partial charge in [-0.25, -0.2) is 4.63 Å². The van der Waals surface area contributed by atoms with Crippen molar-refractivity contribution in [1.29, 1.82) is 0 Å². The topological polar surface area (TPSA) is 63.0 Å². The monoisotopic (exact) mass is 128 g/mol. The van der Waals surface area contributed by atoms with E-state index in [2.05, 4.69) is 25.6 Å². The van der Waals surface area contributed by atoms with Gasteiger partial charge in [0.15, 0.2) is 0 Å². The molecule has 0 saturated heterocycles. The van der Waals surface area contributed by atoms with Gasteiger partial charge in [0, 0.05) is 14.1 Å². The Morgan fingerprint density at radius 3 is 1.89 bits per heavy atom. The van der Waals surface area contributed by atoms with Crippen molar-refractivity contribution >= 4 is 11.6 Å². The van der Waals surface area contributed by atoms with Crippen molar-refractivity contribution in [2.24, 2.45) is 0 Å². The fraction of sp³-hybridized carbons (Fsp3) is 0.500. The van der Waals surface area contributed by atoms with E-state index < -0.39 is 0 Å². The maximum absolute atomic E-state index is 4.40. The van der Waals surface area contributed by atoms with E-state index in [9.17, 15) is 0 Å². The number of nitrogens with one attached hydrogen (secondary N) is 2. The van der Waals surface area contributed by atoms with E-state index in [0.717, 1.165) is 0 Å². The number of rotatable bonds is 2. The predicted octanol–water partition coefficient (Wildman–Crippen LogP) is 0.153. The van der Waals surface area contributed by atoms with Crippen molar-refractivity contribution in [1.82, 2.24) is 10.3 Å². The Morgan fingerprint density at radius 2 is 1.56 bits per heavy atom.